The second kappa shape index (κ2) is 6.74. The summed E-state index contributed by atoms with van der Waals surface area (Å²) < 4.78 is 0. The minimum absolute atomic E-state index is 1.13. The van der Waals surface area contributed by atoms with Gasteiger partial charge in [0.1, 0.15) is 0 Å². The van der Waals surface area contributed by atoms with Gasteiger partial charge in [-0.25, -0.2) is 0 Å². The van der Waals surface area contributed by atoms with Crippen molar-refractivity contribution in [2.24, 2.45) is 0 Å². The van der Waals surface area contributed by atoms with Crippen molar-refractivity contribution in [3.05, 3.63) is 69.8 Å². The lowest BCUT2D eigenvalue weighted by Crippen LogP contribution is -2.00. The molecule has 106 valence electrons. The Hall–Kier alpha value is -1.56. The van der Waals surface area contributed by atoms with Gasteiger partial charge in [-0.3, -0.25) is 0 Å². The van der Waals surface area contributed by atoms with Gasteiger partial charge in [0.05, 0.1) is 0 Å². The highest BCUT2D eigenvalue weighted by atomic mass is 14.1. The quantitative estimate of drug-likeness (QED) is 0.696. The smallest absolute Gasteiger partial charge is 0.0235 e. The first kappa shape index (κ1) is 14.8. The van der Waals surface area contributed by atoms with Crippen LogP contribution in [0.2, 0.25) is 0 Å². The minimum Gasteiger partial charge on any atom is -0.0617 e. The molecule has 0 aliphatic carbocycles. The van der Waals surface area contributed by atoms with Gasteiger partial charge in [0.2, 0.25) is 0 Å². The van der Waals surface area contributed by atoms with E-state index in [9.17, 15) is 0 Å². The Morgan fingerprint density at radius 2 is 0.950 bits per heavy atom. The van der Waals surface area contributed by atoms with Crippen LogP contribution in [0, 0.1) is 13.8 Å². The molecule has 0 radical (unpaired) electrons. The molecule has 2 aromatic carbocycles. The summed E-state index contributed by atoms with van der Waals surface area (Å²) in [7, 11) is 0. The van der Waals surface area contributed by atoms with Crippen molar-refractivity contribution in [1.82, 2.24) is 0 Å². The Morgan fingerprint density at radius 3 is 1.30 bits per heavy atom. The maximum atomic E-state index is 2.29. The SMILES string of the molecule is CCc1cccc(CCc2cccc(CC)c2C)c1C. The van der Waals surface area contributed by atoms with E-state index in [1.807, 2.05) is 0 Å². The van der Waals surface area contributed by atoms with Crippen LogP contribution in [-0.4, -0.2) is 0 Å². The summed E-state index contributed by atoms with van der Waals surface area (Å²) in [5.74, 6) is 0. The van der Waals surface area contributed by atoms with Crippen LogP contribution in [0.1, 0.15) is 47.2 Å². The third kappa shape index (κ3) is 3.12. The van der Waals surface area contributed by atoms with Crippen LogP contribution in [0.5, 0.6) is 0 Å². The predicted octanol–water partition coefficient (Wildman–Crippen LogP) is 5.21. The Balaban J connectivity index is 2.17. The van der Waals surface area contributed by atoms with Crippen molar-refractivity contribution in [2.75, 3.05) is 0 Å². The molecule has 0 spiro atoms. The van der Waals surface area contributed by atoms with Crippen LogP contribution in [-0.2, 0) is 25.7 Å². The Bertz CT molecular complexity index is 525. The first-order valence-corrected chi connectivity index (χ1v) is 7.82. The average molecular weight is 266 g/mol. The van der Waals surface area contributed by atoms with Gasteiger partial charge in [0.25, 0.3) is 0 Å². The molecule has 0 heterocycles. The molecule has 0 saturated carbocycles. The lowest BCUT2D eigenvalue weighted by atomic mass is 9.93. The molecule has 0 atom stereocenters. The fourth-order valence-electron chi connectivity index (χ4n) is 3.05. The second-order valence-corrected chi connectivity index (χ2v) is 5.61. The van der Waals surface area contributed by atoms with Crippen molar-refractivity contribution in [3.8, 4) is 0 Å². The number of hydrogen-bond donors (Lipinski definition) is 0. The van der Waals surface area contributed by atoms with Gasteiger partial charge >= 0.3 is 0 Å². The molecule has 0 fully saturated rings. The van der Waals surface area contributed by atoms with Gasteiger partial charge in [-0.1, -0.05) is 50.2 Å². The minimum atomic E-state index is 1.13. The van der Waals surface area contributed by atoms with Crippen molar-refractivity contribution in [2.45, 2.75) is 53.4 Å². The molecule has 0 unspecified atom stereocenters. The van der Waals surface area contributed by atoms with E-state index >= 15 is 0 Å². The summed E-state index contributed by atoms with van der Waals surface area (Å²) in [6.07, 6.45) is 4.55. The molecule has 0 N–H and O–H groups in total. The molecule has 0 heteroatoms. The molecular weight excluding hydrogens is 240 g/mol. The fraction of sp³-hybridized carbons (Fsp3) is 0.400. The lowest BCUT2D eigenvalue weighted by Gasteiger charge is -2.13. The monoisotopic (exact) mass is 266 g/mol. The highest BCUT2D eigenvalue weighted by Gasteiger charge is 2.06. The van der Waals surface area contributed by atoms with Gasteiger partial charge < -0.3 is 0 Å². The number of aryl methyl sites for hydroxylation is 4. The normalized spacial score (nSPS) is 10.8. The van der Waals surface area contributed by atoms with Crippen LogP contribution >= 0.6 is 0 Å². The molecule has 2 rings (SSSR count). The standard InChI is InChI=1S/C20H26/c1-5-17-9-7-11-19(15(17)3)13-14-20-12-8-10-18(6-2)16(20)4/h7-12H,5-6,13-14H2,1-4H3. The average Bonchev–Trinajstić information content (AvgIpc) is 2.47. The first-order valence-electron chi connectivity index (χ1n) is 7.82. The summed E-state index contributed by atoms with van der Waals surface area (Å²) in [5, 5.41) is 0. The van der Waals surface area contributed by atoms with Gasteiger partial charge in [-0.05, 0) is 72.9 Å². The van der Waals surface area contributed by atoms with Crippen molar-refractivity contribution >= 4 is 0 Å². The molecule has 2 aromatic rings. The van der Waals surface area contributed by atoms with Crippen molar-refractivity contribution in [1.29, 1.82) is 0 Å². The van der Waals surface area contributed by atoms with Crippen LogP contribution in [0.15, 0.2) is 36.4 Å². The third-order valence-electron chi connectivity index (χ3n) is 4.54. The molecule has 0 saturated heterocycles. The summed E-state index contributed by atoms with van der Waals surface area (Å²) in [5.41, 5.74) is 8.96. The summed E-state index contributed by atoms with van der Waals surface area (Å²) in [4.78, 5) is 0. The zero-order chi connectivity index (χ0) is 14.5. The number of rotatable bonds is 5. The molecule has 0 aromatic heterocycles. The molecule has 0 bridgehead atoms. The topological polar surface area (TPSA) is 0 Å². The van der Waals surface area contributed by atoms with Crippen LogP contribution < -0.4 is 0 Å². The Morgan fingerprint density at radius 1 is 0.600 bits per heavy atom. The van der Waals surface area contributed by atoms with E-state index in [0.29, 0.717) is 0 Å². The molecule has 0 amide bonds. The fourth-order valence-corrected chi connectivity index (χ4v) is 3.05. The second-order valence-electron chi connectivity index (χ2n) is 5.61. The van der Waals surface area contributed by atoms with Gasteiger partial charge in [0, 0.05) is 0 Å². The number of hydrogen-bond acceptors (Lipinski definition) is 0. The van der Waals surface area contributed by atoms with E-state index in [0.717, 1.165) is 25.7 Å². The van der Waals surface area contributed by atoms with Crippen molar-refractivity contribution < 1.29 is 0 Å². The maximum absolute atomic E-state index is 2.29. The van der Waals surface area contributed by atoms with Crippen LogP contribution in [0.25, 0.3) is 0 Å². The van der Waals surface area contributed by atoms with Crippen molar-refractivity contribution in [3.63, 3.8) is 0 Å². The summed E-state index contributed by atoms with van der Waals surface area (Å²) in [6.45, 7) is 9.01. The van der Waals surface area contributed by atoms with E-state index in [2.05, 4.69) is 64.1 Å². The maximum Gasteiger partial charge on any atom is -0.0235 e. The van der Waals surface area contributed by atoms with Gasteiger partial charge in [0.15, 0.2) is 0 Å². The van der Waals surface area contributed by atoms with E-state index in [1.54, 1.807) is 0 Å². The van der Waals surface area contributed by atoms with E-state index < -0.39 is 0 Å². The summed E-state index contributed by atoms with van der Waals surface area (Å²) in [6, 6.07) is 13.5. The zero-order valence-electron chi connectivity index (χ0n) is 13.3. The highest BCUT2D eigenvalue weighted by molar-refractivity contribution is 5.37. The number of benzene rings is 2. The van der Waals surface area contributed by atoms with E-state index in [4.69, 9.17) is 0 Å². The molecule has 20 heavy (non-hydrogen) atoms. The Kier molecular flexibility index (Phi) is 5.00. The predicted molar refractivity (Wildman–Crippen MR) is 88.5 cm³/mol. The van der Waals surface area contributed by atoms with Crippen LogP contribution in [0.4, 0.5) is 0 Å². The van der Waals surface area contributed by atoms with Crippen LogP contribution in [0.3, 0.4) is 0 Å². The van der Waals surface area contributed by atoms with E-state index in [1.165, 1.54) is 33.4 Å². The molecule has 0 aliphatic rings. The molecular formula is C20H26. The van der Waals surface area contributed by atoms with Gasteiger partial charge in [-0.2, -0.15) is 0 Å². The summed E-state index contributed by atoms with van der Waals surface area (Å²) >= 11 is 0. The largest absolute Gasteiger partial charge is 0.0617 e. The molecule has 0 nitrogen and oxygen atoms in total. The lowest BCUT2D eigenvalue weighted by molar-refractivity contribution is 0.921. The Labute approximate surface area is 123 Å². The van der Waals surface area contributed by atoms with Gasteiger partial charge in [-0.15, -0.1) is 0 Å². The van der Waals surface area contributed by atoms with E-state index in [-0.39, 0.29) is 0 Å². The molecule has 0 aliphatic heterocycles. The highest BCUT2D eigenvalue weighted by Crippen LogP contribution is 2.20. The zero-order valence-corrected chi connectivity index (χ0v) is 13.3. The first-order chi connectivity index (χ1) is 9.67. The third-order valence-corrected chi connectivity index (χ3v) is 4.54.